The summed E-state index contributed by atoms with van der Waals surface area (Å²) in [6.45, 7) is 2.53. The van der Waals surface area contributed by atoms with Crippen LogP contribution in [0.2, 0.25) is 0 Å². The quantitative estimate of drug-likeness (QED) is 0.806. The number of halogens is 1. The van der Waals surface area contributed by atoms with Crippen LogP contribution in [-0.2, 0) is 19.5 Å². The van der Waals surface area contributed by atoms with Gasteiger partial charge in [-0.2, -0.15) is 0 Å². The molecule has 1 heterocycles. The van der Waals surface area contributed by atoms with Crippen LogP contribution >= 0.6 is 15.9 Å². The number of ether oxygens (including phenoxy) is 2. The maximum atomic E-state index is 12.1. The predicted molar refractivity (Wildman–Crippen MR) is 79.5 cm³/mol. The van der Waals surface area contributed by atoms with E-state index in [-0.39, 0.29) is 23.2 Å². The summed E-state index contributed by atoms with van der Waals surface area (Å²) in [5.74, 6) is -0.589. The second-order valence-corrected chi connectivity index (χ2v) is 7.27. The Kier molecular flexibility index (Phi) is 5.03. The van der Waals surface area contributed by atoms with Gasteiger partial charge in [0.15, 0.2) is 0 Å². The number of hydrogen-bond donors (Lipinski definition) is 1. The van der Waals surface area contributed by atoms with Crippen molar-refractivity contribution in [2.45, 2.75) is 30.8 Å². The zero-order valence-corrected chi connectivity index (χ0v) is 13.9. The lowest BCUT2D eigenvalue weighted by molar-refractivity contribution is 0.0160. The highest BCUT2D eigenvalue weighted by molar-refractivity contribution is 9.10. The van der Waals surface area contributed by atoms with Crippen molar-refractivity contribution >= 4 is 31.9 Å². The highest BCUT2D eigenvalue weighted by atomic mass is 79.9. The molecule has 0 aliphatic carbocycles. The predicted octanol–water partition coefficient (Wildman–Crippen LogP) is 1.74. The van der Waals surface area contributed by atoms with Crippen LogP contribution in [0.1, 0.15) is 28.8 Å². The average molecular weight is 378 g/mol. The van der Waals surface area contributed by atoms with Crippen LogP contribution in [0.15, 0.2) is 21.5 Å². The first-order chi connectivity index (χ1) is 9.79. The first-order valence-corrected chi connectivity index (χ1v) is 8.74. The van der Waals surface area contributed by atoms with Gasteiger partial charge in [-0.25, -0.2) is 18.4 Å². The molecule has 0 saturated carbocycles. The van der Waals surface area contributed by atoms with Gasteiger partial charge in [-0.3, -0.25) is 0 Å². The van der Waals surface area contributed by atoms with Gasteiger partial charge in [-0.1, -0.05) is 15.9 Å². The highest BCUT2D eigenvalue weighted by Gasteiger charge is 2.21. The first-order valence-electron chi connectivity index (χ1n) is 6.40. The van der Waals surface area contributed by atoms with Crippen molar-refractivity contribution in [1.82, 2.24) is 0 Å². The van der Waals surface area contributed by atoms with E-state index in [4.69, 9.17) is 14.6 Å². The molecule has 1 unspecified atom stereocenters. The Morgan fingerprint density at radius 1 is 1.52 bits per heavy atom. The zero-order chi connectivity index (χ0) is 15.6. The first kappa shape index (κ1) is 16.4. The van der Waals surface area contributed by atoms with Gasteiger partial charge in [0.1, 0.15) is 6.61 Å². The third-order valence-corrected chi connectivity index (χ3v) is 5.01. The van der Waals surface area contributed by atoms with Crippen LogP contribution in [0.3, 0.4) is 0 Å². The van der Waals surface area contributed by atoms with Crippen LogP contribution < -0.4 is 5.14 Å². The number of benzene rings is 1. The van der Waals surface area contributed by atoms with E-state index >= 15 is 0 Å². The Hall–Kier alpha value is -0.960. The van der Waals surface area contributed by atoms with Crippen molar-refractivity contribution in [3.05, 3.63) is 27.7 Å². The van der Waals surface area contributed by atoms with E-state index < -0.39 is 16.0 Å². The monoisotopic (exact) mass is 377 g/mol. The van der Waals surface area contributed by atoms with Crippen LogP contribution in [-0.4, -0.2) is 33.7 Å². The Morgan fingerprint density at radius 3 is 2.81 bits per heavy atom. The van der Waals surface area contributed by atoms with E-state index in [0.29, 0.717) is 16.6 Å². The fourth-order valence-corrected chi connectivity index (χ4v) is 3.23. The summed E-state index contributed by atoms with van der Waals surface area (Å²) in [6.07, 6.45) is 1.72. The van der Waals surface area contributed by atoms with Crippen molar-refractivity contribution < 1.29 is 22.7 Å². The van der Waals surface area contributed by atoms with Crippen molar-refractivity contribution in [2.75, 3.05) is 13.2 Å². The fraction of sp³-hybridized carbons (Fsp3) is 0.462. The Balaban J connectivity index is 2.21. The van der Waals surface area contributed by atoms with Crippen LogP contribution in [0.5, 0.6) is 0 Å². The molecule has 8 heteroatoms. The summed E-state index contributed by atoms with van der Waals surface area (Å²) in [5, 5.41) is 5.10. The van der Waals surface area contributed by atoms with E-state index in [1.807, 2.05) is 0 Å². The van der Waals surface area contributed by atoms with Crippen LogP contribution in [0.4, 0.5) is 0 Å². The lowest BCUT2D eigenvalue weighted by atomic mass is 10.1. The summed E-state index contributed by atoms with van der Waals surface area (Å²) >= 11 is 3.22. The summed E-state index contributed by atoms with van der Waals surface area (Å²) in [4.78, 5) is 12.0. The number of rotatable bonds is 4. The number of esters is 1. The minimum atomic E-state index is -3.89. The molecule has 116 valence electrons. The number of primary sulfonamides is 1. The van der Waals surface area contributed by atoms with Crippen LogP contribution in [0.25, 0.3) is 0 Å². The van der Waals surface area contributed by atoms with Gasteiger partial charge in [-0.15, -0.1) is 0 Å². The molecule has 0 spiro atoms. The van der Waals surface area contributed by atoms with Crippen LogP contribution in [0, 0.1) is 6.92 Å². The standard InChI is InChI=1S/C13H16BrNO5S/c1-8-11(5-10(6-12(8)14)21(15,17)18)13(16)20-7-9-3-2-4-19-9/h5-6,9H,2-4,7H2,1H3,(H2,15,17,18). The summed E-state index contributed by atoms with van der Waals surface area (Å²) < 4.78 is 33.9. The Labute approximate surface area is 131 Å². The molecule has 1 aliphatic rings. The van der Waals surface area contributed by atoms with Crippen molar-refractivity contribution in [3.8, 4) is 0 Å². The lowest BCUT2D eigenvalue weighted by Crippen LogP contribution is -2.19. The van der Waals surface area contributed by atoms with Crippen molar-refractivity contribution in [2.24, 2.45) is 5.14 Å². The lowest BCUT2D eigenvalue weighted by Gasteiger charge is -2.13. The molecule has 2 N–H and O–H groups in total. The maximum Gasteiger partial charge on any atom is 0.338 e. The molecule has 1 aromatic rings. The minimum Gasteiger partial charge on any atom is -0.459 e. The molecule has 1 saturated heterocycles. The number of carbonyl (C=O) groups is 1. The Morgan fingerprint density at radius 2 is 2.24 bits per heavy atom. The van der Waals surface area contributed by atoms with Gasteiger partial charge >= 0.3 is 5.97 Å². The molecular formula is C13H16BrNO5S. The van der Waals surface area contributed by atoms with E-state index in [9.17, 15) is 13.2 Å². The smallest absolute Gasteiger partial charge is 0.338 e. The van der Waals surface area contributed by atoms with Gasteiger partial charge in [0, 0.05) is 11.1 Å². The summed E-state index contributed by atoms with van der Waals surface area (Å²) in [5.41, 5.74) is 0.770. The minimum absolute atomic E-state index is 0.0841. The van der Waals surface area contributed by atoms with Gasteiger partial charge < -0.3 is 9.47 Å². The number of sulfonamides is 1. The number of hydrogen-bond acceptors (Lipinski definition) is 5. The van der Waals surface area contributed by atoms with Crippen molar-refractivity contribution in [1.29, 1.82) is 0 Å². The SMILES string of the molecule is Cc1c(Br)cc(S(N)(=O)=O)cc1C(=O)OCC1CCCO1. The third-order valence-electron chi connectivity index (χ3n) is 3.29. The molecule has 0 radical (unpaired) electrons. The summed E-state index contributed by atoms with van der Waals surface area (Å²) in [6, 6.07) is 2.59. The highest BCUT2D eigenvalue weighted by Crippen LogP contribution is 2.25. The second kappa shape index (κ2) is 6.43. The molecular weight excluding hydrogens is 362 g/mol. The fourth-order valence-electron chi connectivity index (χ4n) is 2.05. The second-order valence-electron chi connectivity index (χ2n) is 4.86. The molecule has 2 rings (SSSR count). The molecule has 21 heavy (non-hydrogen) atoms. The van der Waals surface area contributed by atoms with Gasteiger partial charge in [0.2, 0.25) is 10.0 Å². The topological polar surface area (TPSA) is 95.7 Å². The maximum absolute atomic E-state index is 12.1. The largest absolute Gasteiger partial charge is 0.459 e. The van der Waals surface area contributed by atoms with E-state index in [2.05, 4.69) is 15.9 Å². The number of carbonyl (C=O) groups excluding carboxylic acids is 1. The van der Waals surface area contributed by atoms with Crippen molar-refractivity contribution in [3.63, 3.8) is 0 Å². The zero-order valence-electron chi connectivity index (χ0n) is 11.5. The van der Waals surface area contributed by atoms with Gasteiger partial charge in [0.05, 0.1) is 16.6 Å². The third kappa shape index (κ3) is 4.03. The normalized spacial score (nSPS) is 18.7. The van der Waals surface area contributed by atoms with E-state index in [0.717, 1.165) is 12.8 Å². The molecule has 0 bridgehead atoms. The molecule has 0 amide bonds. The molecule has 1 aromatic carbocycles. The van der Waals surface area contributed by atoms with E-state index in [1.165, 1.54) is 12.1 Å². The average Bonchev–Trinajstić information content (AvgIpc) is 2.91. The van der Waals surface area contributed by atoms with E-state index in [1.54, 1.807) is 6.92 Å². The molecule has 1 fully saturated rings. The number of nitrogens with two attached hydrogens (primary N) is 1. The Bertz CT molecular complexity index is 653. The molecule has 0 aromatic heterocycles. The summed E-state index contributed by atoms with van der Waals surface area (Å²) in [7, 11) is -3.89. The van der Waals surface area contributed by atoms with Gasteiger partial charge in [-0.05, 0) is 37.5 Å². The molecule has 1 atom stereocenters. The van der Waals surface area contributed by atoms with Gasteiger partial charge in [0.25, 0.3) is 0 Å². The molecule has 6 nitrogen and oxygen atoms in total. The molecule has 1 aliphatic heterocycles.